The molecular weight excluding hydrogens is 230 g/mol. The molecule has 0 aliphatic carbocycles. The third-order valence-electron chi connectivity index (χ3n) is 2.93. The number of fused-ring (bicyclic) bond motifs is 1. The van der Waals surface area contributed by atoms with Crippen LogP contribution in [0, 0.1) is 0 Å². The molecule has 1 aromatic carbocycles. The van der Waals surface area contributed by atoms with Gasteiger partial charge >= 0.3 is 0 Å². The topological polar surface area (TPSA) is 59.2 Å². The average Bonchev–Trinajstić information content (AvgIpc) is 2.83. The molecule has 5 heteroatoms. The summed E-state index contributed by atoms with van der Waals surface area (Å²) in [6, 6.07) is 8.11. The van der Waals surface area contributed by atoms with E-state index in [1.165, 1.54) is 0 Å². The largest absolute Gasteiger partial charge is 0.355 e. The minimum Gasteiger partial charge on any atom is -0.355 e. The lowest BCUT2D eigenvalue weighted by Crippen LogP contribution is -2.31. The molecule has 1 unspecified atom stereocenters. The molecule has 0 bridgehead atoms. The molecule has 18 heavy (non-hydrogen) atoms. The monoisotopic (exact) mass is 249 g/mol. The number of nitrogens with one attached hydrogen (secondary N) is 2. The molecule has 0 aliphatic heterocycles. The number of hydrogen-bond acceptors (Lipinski definition) is 4. The number of nitrogens with zero attached hydrogens (tertiary/aromatic N) is 1. The summed E-state index contributed by atoms with van der Waals surface area (Å²) in [7, 11) is 3.25. The fraction of sp³-hybridized carbons (Fsp3) is 0.462. The van der Waals surface area contributed by atoms with Crippen molar-refractivity contribution in [2.45, 2.75) is 19.3 Å². The maximum atomic E-state index is 5.13. The van der Waals surface area contributed by atoms with Crippen LogP contribution in [0.25, 0.3) is 11.0 Å². The van der Waals surface area contributed by atoms with Crippen molar-refractivity contribution in [1.82, 2.24) is 15.3 Å². The molecule has 0 saturated carbocycles. The van der Waals surface area contributed by atoms with E-state index in [9.17, 15) is 0 Å². The van der Waals surface area contributed by atoms with Gasteiger partial charge in [0, 0.05) is 20.8 Å². The molecule has 98 valence electrons. The van der Waals surface area contributed by atoms with Crippen molar-refractivity contribution in [1.29, 1.82) is 0 Å². The van der Waals surface area contributed by atoms with Gasteiger partial charge in [0.2, 0.25) is 0 Å². The average molecular weight is 249 g/mol. The van der Waals surface area contributed by atoms with Gasteiger partial charge in [-0.2, -0.15) is 0 Å². The summed E-state index contributed by atoms with van der Waals surface area (Å²) >= 11 is 0. The Balaban J connectivity index is 2.02. The Morgan fingerprint density at radius 2 is 2.00 bits per heavy atom. The molecule has 2 rings (SSSR count). The number of methoxy groups -OCH3 is 2. The van der Waals surface area contributed by atoms with Gasteiger partial charge in [-0.15, -0.1) is 0 Å². The Bertz CT molecular complexity index is 461. The van der Waals surface area contributed by atoms with Crippen LogP contribution in [0.4, 0.5) is 0 Å². The van der Waals surface area contributed by atoms with Crippen molar-refractivity contribution in [3.63, 3.8) is 0 Å². The van der Waals surface area contributed by atoms with E-state index in [1.807, 2.05) is 24.3 Å². The molecule has 2 aromatic rings. The van der Waals surface area contributed by atoms with E-state index >= 15 is 0 Å². The van der Waals surface area contributed by atoms with E-state index in [0.29, 0.717) is 6.54 Å². The fourth-order valence-electron chi connectivity index (χ4n) is 1.81. The van der Waals surface area contributed by atoms with Crippen LogP contribution in [0.1, 0.15) is 18.8 Å². The van der Waals surface area contributed by atoms with Crippen LogP contribution in [-0.2, 0) is 9.47 Å². The quantitative estimate of drug-likeness (QED) is 0.767. The van der Waals surface area contributed by atoms with Crippen LogP contribution < -0.4 is 5.32 Å². The predicted molar refractivity (Wildman–Crippen MR) is 70.3 cm³/mol. The van der Waals surface area contributed by atoms with Crippen molar-refractivity contribution in [3.05, 3.63) is 30.1 Å². The van der Waals surface area contributed by atoms with Crippen molar-refractivity contribution < 1.29 is 9.47 Å². The molecule has 0 radical (unpaired) electrons. The Morgan fingerprint density at radius 1 is 1.28 bits per heavy atom. The summed E-state index contributed by atoms with van der Waals surface area (Å²) in [6.45, 7) is 2.67. The number of aromatic nitrogens is 2. The lowest BCUT2D eigenvalue weighted by Gasteiger charge is -2.17. The summed E-state index contributed by atoms with van der Waals surface area (Å²) in [5.74, 6) is 0.919. The first-order valence-corrected chi connectivity index (χ1v) is 5.98. The van der Waals surface area contributed by atoms with E-state index < -0.39 is 0 Å². The number of benzene rings is 1. The second-order valence-corrected chi connectivity index (χ2v) is 4.17. The summed E-state index contributed by atoms with van der Waals surface area (Å²) in [4.78, 5) is 7.84. The smallest absolute Gasteiger partial charge is 0.169 e. The van der Waals surface area contributed by atoms with Crippen molar-refractivity contribution in [2.75, 3.05) is 20.8 Å². The van der Waals surface area contributed by atoms with Gasteiger partial charge in [0.05, 0.1) is 17.1 Å². The number of aromatic amines is 1. The molecule has 5 nitrogen and oxygen atoms in total. The lowest BCUT2D eigenvalue weighted by molar-refractivity contribution is -0.0998. The zero-order valence-electron chi connectivity index (χ0n) is 10.9. The highest BCUT2D eigenvalue weighted by atomic mass is 16.7. The summed E-state index contributed by atoms with van der Waals surface area (Å²) < 4.78 is 10.3. The number of ether oxygens (including phenoxy) is 2. The van der Waals surface area contributed by atoms with Gasteiger partial charge in [-0.1, -0.05) is 12.1 Å². The van der Waals surface area contributed by atoms with Crippen LogP contribution in [0.3, 0.4) is 0 Å². The second kappa shape index (κ2) is 5.95. The fourth-order valence-corrected chi connectivity index (χ4v) is 1.81. The highest BCUT2D eigenvalue weighted by Gasteiger charge is 2.12. The number of imidazole rings is 1. The van der Waals surface area contributed by atoms with Gasteiger partial charge < -0.3 is 19.8 Å². The lowest BCUT2D eigenvalue weighted by atomic mass is 10.3. The summed E-state index contributed by atoms with van der Waals surface area (Å²) in [6.07, 6.45) is -0.239. The first-order chi connectivity index (χ1) is 8.74. The zero-order valence-corrected chi connectivity index (χ0v) is 10.9. The van der Waals surface area contributed by atoms with Crippen LogP contribution in [0.2, 0.25) is 0 Å². The van der Waals surface area contributed by atoms with Crippen molar-refractivity contribution in [3.8, 4) is 0 Å². The molecule has 1 aromatic heterocycles. The maximum absolute atomic E-state index is 5.13. The van der Waals surface area contributed by atoms with Crippen LogP contribution in [0.15, 0.2) is 24.3 Å². The van der Waals surface area contributed by atoms with E-state index in [1.54, 1.807) is 14.2 Å². The molecule has 1 atom stereocenters. The number of rotatable bonds is 6. The second-order valence-electron chi connectivity index (χ2n) is 4.17. The molecule has 0 amide bonds. The molecule has 0 spiro atoms. The van der Waals surface area contributed by atoms with Gasteiger partial charge in [0.15, 0.2) is 6.29 Å². The minimum absolute atomic E-state index is 0.116. The van der Waals surface area contributed by atoms with Gasteiger partial charge in [-0.05, 0) is 19.1 Å². The van der Waals surface area contributed by atoms with E-state index in [-0.39, 0.29) is 12.3 Å². The highest BCUT2D eigenvalue weighted by Crippen LogP contribution is 2.15. The Hall–Kier alpha value is -1.43. The Morgan fingerprint density at radius 3 is 2.67 bits per heavy atom. The standard InChI is InChI=1S/C13H19N3O2/c1-9(14-8-12(17-2)18-3)13-15-10-6-4-5-7-11(10)16-13/h4-7,9,12,14H,8H2,1-3H3,(H,15,16). The van der Waals surface area contributed by atoms with Gasteiger partial charge in [-0.3, -0.25) is 0 Å². The van der Waals surface area contributed by atoms with E-state index in [0.717, 1.165) is 16.9 Å². The maximum Gasteiger partial charge on any atom is 0.169 e. The minimum atomic E-state index is -0.239. The van der Waals surface area contributed by atoms with Gasteiger partial charge in [-0.25, -0.2) is 4.98 Å². The van der Waals surface area contributed by atoms with Gasteiger partial charge in [0.25, 0.3) is 0 Å². The molecular formula is C13H19N3O2. The normalized spacial score (nSPS) is 13.3. The number of para-hydroxylation sites is 2. The van der Waals surface area contributed by atoms with E-state index in [2.05, 4.69) is 22.2 Å². The number of hydrogen-bond donors (Lipinski definition) is 2. The van der Waals surface area contributed by atoms with Crippen molar-refractivity contribution >= 4 is 11.0 Å². The van der Waals surface area contributed by atoms with Gasteiger partial charge in [0.1, 0.15) is 5.82 Å². The van der Waals surface area contributed by atoms with Crippen molar-refractivity contribution in [2.24, 2.45) is 0 Å². The molecule has 0 saturated heterocycles. The molecule has 0 aliphatic rings. The van der Waals surface area contributed by atoms with Crippen LogP contribution in [0.5, 0.6) is 0 Å². The first kappa shape index (κ1) is 13.0. The third-order valence-corrected chi connectivity index (χ3v) is 2.93. The third kappa shape index (κ3) is 2.87. The van der Waals surface area contributed by atoms with E-state index in [4.69, 9.17) is 9.47 Å². The summed E-state index contributed by atoms with van der Waals surface area (Å²) in [5.41, 5.74) is 2.03. The molecule has 0 fully saturated rings. The van der Waals surface area contributed by atoms with Crippen LogP contribution in [-0.4, -0.2) is 37.0 Å². The summed E-state index contributed by atoms with van der Waals surface area (Å²) in [5, 5.41) is 3.32. The zero-order chi connectivity index (χ0) is 13.0. The SMILES string of the molecule is COC(CNC(C)c1nc2ccccc2[nH]1)OC. The Kier molecular flexibility index (Phi) is 4.30. The highest BCUT2D eigenvalue weighted by molar-refractivity contribution is 5.74. The van der Waals surface area contributed by atoms with Crippen LogP contribution >= 0.6 is 0 Å². The Labute approximate surface area is 107 Å². The predicted octanol–water partition coefficient (Wildman–Crippen LogP) is 1.83. The number of H-pyrrole nitrogens is 1. The molecule has 2 N–H and O–H groups in total. The first-order valence-electron chi connectivity index (χ1n) is 5.98. The molecule has 1 heterocycles.